The number of halogens is 2. The van der Waals surface area contributed by atoms with Crippen LogP contribution in [0.15, 0.2) is 12.1 Å². The van der Waals surface area contributed by atoms with E-state index in [0.717, 1.165) is 6.07 Å². The van der Waals surface area contributed by atoms with Crippen LogP contribution in [0.25, 0.3) is 0 Å². The van der Waals surface area contributed by atoms with Gasteiger partial charge >= 0.3 is 0 Å². The molecule has 1 amide bonds. The predicted molar refractivity (Wildman–Crippen MR) is 73.4 cm³/mol. The number of rotatable bonds is 1. The fourth-order valence-electron chi connectivity index (χ4n) is 2.47. The lowest BCUT2D eigenvalue weighted by molar-refractivity contribution is 0.0410. The summed E-state index contributed by atoms with van der Waals surface area (Å²) >= 11 is 0. The summed E-state index contributed by atoms with van der Waals surface area (Å²) in [7, 11) is 1.99. The van der Waals surface area contributed by atoms with Crippen LogP contribution >= 0.6 is 0 Å². The second-order valence-electron chi connectivity index (χ2n) is 5.43. The molecule has 0 saturated carbocycles. The average Bonchev–Trinajstić information content (AvgIpc) is 2.38. The summed E-state index contributed by atoms with van der Waals surface area (Å²) < 4.78 is 26.9. The van der Waals surface area contributed by atoms with Crippen molar-refractivity contribution in [2.45, 2.75) is 25.9 Å². The van der Waals surface area contributed by atoms with Gasteiger partial charge in [0, 0.05) is 31.2 Å². The maximum atomic E-state index is 13.8. The van der Waals surface area contributed by atoms with Crippen molar-refractivity contribution in [3.05, 3.63) is 29.3 Å². The van der Waals surface area contributed by atoms with E-state index in [1.165, 1.54) is 0 Å². The molecule has 1 aliphatic rings. The van der Waals surface area contributed by atoms with Crippen LogP contribution in [0.5, 0.6) is 0 Å². The van der Waals surface area contributed by atoms with Gasteiger partial charge in [-0.2, -0.15) is 0 Å². The number of nitrogens with zero attached hydrogens (tertiary/aromatic N) is 2. The number of piperazine rings is 1. The van der Waals surface area contributed by atoms with E-state index in [-0.39, 0.29) is 23.3 Å². The smallest absolute Gasteiger partial charge is 0.257 e. The Kier molecular flexibility index (Phi) is 3.94. The molecular weight excluding hydrogens is 264 g/mol. The third-order valence-corrected chi connectivity index (χ3v) is 3.96. The summed E-state index contributed by atoms with van der Waals surface area (Å²) in [4.78, 5) is 16.1. The Bertz CT molecular complexity index is 523. The highest BCUT2D eigenvalue weighted by Crippen LogP contribution is 2.21. The van der Waals surface area contributed by atoms with Gasteiger partial charge in [-0.3, -0.25) is 9.69 Å². The standard InChI is InChI=1S/C14H19F2N3O/c1-8-6-19(7-9(2)18(8)3)14(20)10-4-13(17)12(16)5-11(10)15/h4-5,8-9H,6-7,17H2,1-3H3. The summed E-state index contributed by atoms with van der Waals surface area (Å²) in [5, 5.41) is 0. The number of nitrogens with two attached hydrogens (primary N) is 1. The largest absolute Gasteiger partial charge is 0.396 e. The number of carbonyl (C=O) groups excluding carboxylic acids is 1. The molecule has 1 aromatic rings. The van der Waals surface area contributed by atoms with Gasteiger partial charge in [0.1, 0.15) is 11.6 Å². The van der Waals surface area contributed by atoms with E-state index >= 15 is 0 Å². The van der Waals surface area contributed by atoms with Gasteiger partial charge in [-0.1, -0.05) is 0 Å². The number of benzene rings is 1. The number of anilines is 1. The first kappa shape index (κ1) is 14.7. The molecule has 110 valence electrons. The van der Waals surface area contributed by atoms with E-state index in [2.05, 4.69) is 4.90 Å². The Balaban J connectivity index is 2.26. The van der Waals surface area contributed by atoms with Crippen LogP contribution < -0.4 is 5.73 Å². The lowest BCUT2D eigenvalue weighted by atomic mass is 10.1. The van der Waals surface area contributed by atoms with Gasteiger partial charge < -0.3 is 10.6 Å². The van der Waals surface area contributed by atoms with Gasteiger partial charge in [0.05, 0.1) is 11.3 Å². The molecule has 1 aromatic carbocycles. The molecule has 0 bridgehead atoms. The van der Waals surface area contributed by atoms with Gasteiger partial charge in [0.2, 0.25) is 0 Å². The Morgan fingerprint density at radius 2 is 1.75 bits per heavy atom. The predicted octanol–water partition coefficient (Wildman–Crippen LogP) is 1.71. The van der Waals surface area contributed by atoms with Gasteiger partial charge in [-0.15, -0.1) is 0 Å². The third kappa shape index (κ3) is 2.60. The first-order valence-electron chi connectivity index (χ1n) is 6.57. The molecule has 0 aromatic heterocycles. The van der Waals surface area contributed by atoms with Crippen molar-refractivity contribution in [3.8, 4) is 0 Å². The fraction of sp³-hybridized carbons (Fsp3) is 0.500. The normalized spacial score (nSPS) is 23.9. The first-order chi connectivity index (χ1) is 9.31. The van der Waals surface area contributed by atoms with Crippen LogP contribution in [0.1, 0.15) is 24.2 Å². The number of nitrogen functional groups attached to an aromatic ring is 1. The quantitative estimate of drug-likeness (QED) is 0.798. The van der Waals surface area contributed by atoms with Crippen molar-refractivity contribution < 1.29 is 13.6 Å². The monoisotopic (exact) mass is 283 g/mol. The highest BCUT2D eigenvalue weighted by molar-refractivity contribution is 5.95. The molecule has 20 heavy (non-hydrogen) atoms. The topological polar surface area (TPSA) is 49.6 Å². The summed E-state index contributed by atoms with van der Waals surface area (Å²) in [5.74, 6) is -2.17. The molecule has 2 rings (SSSR count). The van der Waals surface area contributed by atoms with Crippen molar-refractivity contribution >= 4 is 11.6 Å². The van der Waals surface area contributed by atoms with Crippen LogP contribution in [-0.2, 0) is 0 Å². The second kappa shape index (κ2) is 5.36. The van der Waals surface area contributed by atoms with Gasteiger partial charge in [0.25, 0.3) is 5.91 Å². The zero-order chi connectivity index (χ0) is 15.0. The molecule has 2 atom stereocenters. The molecular formula is C14H19F2N3O. The maximum Gasteiger partial charge on any atom is 0.257 e. The highest BCUT2D eigenvalue weighted by atomic mass is 19.1. The molecule has 1 saturated heterocycles. The zero-order valence-corrected chi connectivity index (χ0v) is 11.9. The molecule has 1 fully saturated rings. The number of amides is 1. The Morgan fingerprint density at radius 1 is 1.20 bits per heavy atom. The van der Waals surface area contributed by atoms with E-state index in [1.54, 1.807) is 4.90 Å². The van der Waals surface area contributed by atoms with Gasteiger partial charge in [0.15, 0.2) is 0 Å². The number of hydrogen-bond donors (Lipinski definition) is 1. The molecule has 1 heterocycles. The molecule has 1 aliphatic heterocycles. The molecule has 2 unspecified atom stereocenters. The molecule has 6 heteroatoms. The first-order valence-corrected chi connectivity index (χ1v) is 6.57. The molecule has 0 aliphatic carbocycles. The van der Waals surface area contributed by atoms with E-state index in [9.17, 15) is 13.6 Å². The number of carbonyl (C=O) groups is 1. The minimum atomic E-state index is -0.874. The maximum absolute atomic E-state index is 13.8. The Hall–Kier alpha value is -1.69. The van der Waals surface area contributed by atoms with E-state index in [0.29, 0.717) is 19.2 Å². The molecule has 4 nitrogen and oxygen atoms in total. The van der Waals surface area contributed by atoms with Crippen LogP contribution in [-0.4, -0.2) is 47.9 Å². The molecule has 0 spiro atoms. The van der Waals surface area contributed by atoms with Crippen molar-refractivity contribution in [1.29, 1.82) is 0 Å². The Morgan fingerprint density at radius 3 is 2.30 bits per heavy atom. The summed E-state index contributed by atoms with van der Waals surface area (Å²) in [6.45, 7) is 5.03. The van der Waals surface area contributed by atoms with Crippen LogP contribution in [0, 0.1) is 11.6 Å². The van der Waals surface area contributed by atoms with Crippen molar-refractivity contribution in [1.82, 2.24) is 9.80 Å². The zero-order valence-electron chi connectivity index (χ0n) is 11.9. The average molecular weight is 283 g/mol. The molecule has 2 N–H and O–H groups in total. The SMILES string of the molecule is CC1CN(C(=O)c2cc(N)c(F)cc2F)CC(C)N1C. The van der Waals surface area contributed by atoms with Crippen LogP contribution in [0.2, 0.25) is 0 Å². The Labute approximate surface area is 117 Å². The van der Waals surface area contributed by atoms with Crippen molar-refractivity contribution in [2.24, 2.45) is 0 Å². The third-order valence-electron chi connectivity index (χ3n) is 3.96. The fourth-order valence-corrected chi connectivity index (χ4v) is 2.47. The highest BCUT2D eigenvalue weighted by Gasteiger charge is 2.31. The van der Waals surface area contributed by atoms with Crippen molar-refractivity contribution in [2.75, 3.05) is 25.9 Å². The van der Waals surface area contributed by atoms with E-state index < -0.39 is 17.5 Å². The summed E-state index contributed by atoms with van der Waals surface area (Å²) in [5.41, 5.74) is 5.02. The van der Waals surface area contributed by atoms with Crippen molar-refractivity contribution in [3.63, 3.8) is 0 Å². The minimum absolute atomic E-state index is 0.173. The lowest BCUT2D eigenvalue weighted by Gasteiger charge is -2.42. The lowest BCUT2D eigenvalue weighted by Crippen LogP contribution is -2.56. The van der Waals surface area contributed by atoms with E-state index in [4.69, 9.17) is 5.73 Å². The van der Waals surface area contributed by atoms with Crippen LogP contribution in [0.4, 0.5) is 14.5 Å². The minimum Gasteiger partial charge on any atom is -0.396 e. The second-order valence-corrected chi connectivity index (χ2v) is 5.43. The van der Waals surface area contributed by atoms with E-state index in [1.807, 2.05) is 20.9 Å². The summed E-state index contributed by atoms with van der Waals surface area (Å²) in [6.07, 6.45) is 0. The molecule has 0 radical (unpaired) electrons. The number of hydrogen-bond acceptors (Lipinski definition) is 3. The number of likely N-dealkylation sites (N-methyl/N-ethyl adjacent to an activating group) is 1. The van der Waals surface area contributed by atoms with Gasteiger partial charge in [-0.25, -0.2) is 8.78 Å². The van der Waals surface area contributed by atoms with Gasteiger partial charge in [-0.05, 0) is 27.0 Å². The summed E-state index contributed by atoms with van der Waals surface area (Å²) in [6, 6.07) is 2.10. The van der Waals surface area contributed by atoms with Crippen LogP contribution in [0.3, 0.4) is 0 Å².